The normalized spacial score (nSPS) is 14.8. The van der Waals surface area contributed by atoms with E-state index in [1.165, 1.54) is 4.90 Å². The molecule has 9 heteroatoms. The lowest BCUT2D eigenvalue weighted by Crippen LogP contribution is -2.35. The highest BCUT2D eigenvalue weighted by molar-refractivity contribution is 5.98. The Bertz CT molecular complexity index is 585. The minimum atomic E-state index is -4.69. The van der Waals surface area contributed by atoms with Crippen molar-refractivity contribution in [1.82, 2.24) is 4.98 Å². The van der Waals surface area contributed by atoms with Crippen molar-refractivity contribution in [2.45, 2.75) is 25.1 Å². The minimum absolute atomic E-state index is 0.226. The van der Waals surface area contributed by atoms with Gasteiger partial charge in [-0.1, -0.05) is 0 Å². The predicted octanol–water partition coefficient (Wildman–Crippen LogP) is 1.25. The van der Waals surface area contributed by atoms with Crippen molar-refractivity contribution in [3.8, 4) is 0 Å². The summed E-state index contributed by atoms with van der Waals surface area (Å²) in [5.74, 6) is -2.51. The zero-order valence-electron chi connectivity index (χ0n) is 10.7. The van der Waals surface area contributed by atoms with Gasteiger partial charge in [0.05, 0.1) is 5.56 Å². The maximum absolute atomic E-state index is 12.7. The van der Waals surface area contributed by atoms with Gasteiger partial charge in [-0.3, -0.25) is 9.59 Å². The number of amides is 1. The average Bonchev–Trinajstić information content (AvgIpc) is 3.18. The molecule has 1 aliphatic rings. The quantitative estimate of drug-likeness (QED) is 0.853. The number of rotatable bonds is 5. The smallest absolute Gasteiger partial charge is 0.433 e. The third kappa shape index (κ3) is 3.41. The summed E-state index contributed by atoms with van der Waals surface area (Å²) in [7, 11) is 0. The van der Waals surface area contributed by atoms with Crippen LogP contribution in [0, 0.1) is 0 Å². The number of aliphatic carboxylic acids is 1. The molecule has 6 nitrogen and oxygen atoms in total. The molecule has 0 radical (unpaired) electrons. The number of pyridine rings is 1. The van der Waals surface area contributed by atoms with Crippen molar-refractivity contribution in [2.24, 2.45) is 5.73 Å². The molecule has 1 aromatic heterocycles. The first-order chi connectivity index (χ1) is 9.70. The molecule has 0 atom stereocenters. The van der Waals surface area contributed by atoms with Crippen LogP contribution in [0.4, 0.5) is 19.0 Å². The van der Waals surface area contributed by atoms with Crippen LogP contribution in [0.3, 0.4) is 0 Å². The number of carbonyl (C=O) groups excluding carboxylic acids is 1. The lowest BCUT2D eigenvalue weighted by atomic mass is 10.2. The molecular weight excluding hydrogens is 291 g/mol. The van der Waals surface area contributed by atoms with Crippen molar-refractivity contribution in [1.29, 1.82) is 0 Å². The number of hydrogen-bond acceptors (Lipinski definition) is 4. The van der Waals surface area contributed by atoms with E-state index in [2.05, 4.69) is 4.98 Å². The van der Waals surface area contributed by atoms with Crippen molar-refractivity contribution in [3.05, 3.63) is 23.4 Å². The maximum atomic E-state index is 12.7. The van der Waals surface area contributed by atoms with E-state index in [4.69, 9.17) is 10.8 Å². The van der Waals surface area contributed by atoms with Gasteiger partial charge >= 0.3 is 12.1 Å². The molecule has 114 valence electrons. The van der Waals surface area contributed by atoms with Gasteiger partial charge in [-0.25, -0.2) is 4.98 Å². The first kappa shape index (κ1) is 15.1. The molecule has 1 amide bonds. The van der Waals surface area contributed by atoms with Gasteiger partial charge in [0, 0.05) is 6.04 Å². The number of primary amides is 1. The number of nitrogens with two attached hydrogens (primary N) is 1. The largest absolute Gasteiger partial charge is 0.480 e. The molecule has 3 N–H and O–H groups in total. The summed E-state index contributed by atoms with van der Waals surface area (Å²) in [6.45, 7) is -0.542. The van der Waals surface area contributed by atoms with Crippen LogP contribution in [0.5, 0.6) is 0 Å². The Labute approximate surface area is 117 Å². The Morgan fingerprint density at radius 3 is 2.43 bits per heavy atom. The summed E-state index contributed by atoms with van der Waals surface area (Å²) < 4.78 is 38.2. The van der Waals surface area contributed by atoms with Gasteiger partial charge in [0.25, 0.3) is 5.91 Å². The van der Waals surface area contributed by atoms with Crippen LogP contribution in [-0.4, -0.2) is 34.6 Å². The van der Waals surface area contributed by atoms with Crippen molar-refractivity contribution in [2.75, 3.05) is 11.4 Å². The SMILES string of the molecule is NC(=O)c1ccc(C(F)(F)F)nc1N(CC(=O)O)C1CC1. The Hall–Kier alpha value is -2.32. The summed E-state index contributed by atoms with van der Waals surface area (Å²) >= 11 is 0. The summed E-state index contributed by atoms with van der Waals surface area (Å²) in [6, 6.07) is 1.33. The highest BCUT2D eigenvalue weighted by atomic mass is 19.4. The minimum Gasteiger partial charge on any atom is -0.480 e. The fraction of sp³-hybridized carbons (Fsp3) is 0.417. The van der Waals surface area contributed by atoms with Crippen LogP contribution in [0.25, 0.3) is 0 Å². The van der Waals surface area contributed by atoms with E-state index in [-0.39, 0.29) is 17.4 Å². The second-order valence-electron chi connectivity index (χ2n) is 4.68. The zero-order chi connectivity index (χ0) is 15.8. The topological polar surface area (TPSA) is 96.5 Å². The molecule has 1 aromatic rings. The van der Waals surface area contributed by atoms with E-state index in [0.29, 0.717) is 18.9 Å². The van der Waals surface area contributed by atoms with E-state index in [1.807, 2.05) is 0 Å². The number of alkyl halides is 3. The van der Waals surface area contributed by atoms with E-state index in [1.54, 1.807) is 0 Å². The number of aromatic nitrogens is 1. The predicted molar refractivity (Wildman–Crippen MR) is 65.8 cm³/mol. The Morgan fingerprint density at radius 1 is 1.38 bits per heavy atom. The standard InChI is InChI=1S/C12H12F3N3O3/c13-12(14,15)8-4-3-7(10(16)21)11(17-8)18(5-9(19)20)6-1-2-6/h3-4,6H,1-2,5H2,(H2,16,21)(H,19,20). The van der Waals surface area contributed by atoms with Crippen LogP contribution < -0.4 is 10.6 Å². The first-order valence-corrected chi connectivity index (χ1v) is 6.06. The molecule has 1 fully saturated rings. The zero-order valence-corrected chi connectivity index (χ0v) is 10.7. The van der Waals surface area contributed by atoms with Crippen LogP contribution in [0.2, 0.25) is 0 Å². The second-order valence-corrected chi connectivity index (χ2v) is 4.68. The highest BCUT2D eigenvalue weighted by Crippen LogP contribution is 2.35. The van der Waals surface area contributed by atoms with Gasteiger partial charge in [-0.2, -0.15) is 13.2 Å². The van der Waals surface area contributed by atoms with E-state index in [9.17, 15) is 22.8 Å². The van der Waals surface area contributed by atoms with Crippen LogP contribution in [-0.2, 0) is 11.0 Å². The fourth-order valence-electron chi connectivity index (χ4n) is 1.93. The molecule has 2 rings (SSSR count). The first-order valence-electron chi connectivity index (χ1n) is 6.06. The number of nitrogens with zero attached hydrogens (tertiary/aromatic N) is 2. The molecule has 0 spiro atoms. The number of carboxylic acids is 1. The molecule has 1 heterocycles. The van der Waals surface area contributed by atoms with Gasteiger partial charge < -0.3 is 15.7 Å². The summed E-state index contributed by atoms with van der Waals surface area (Å²) in [5, 5.41) is 8.87. The molecule has 1 aliphatic carbocycles. The van der Waals surface area contributed by atoms with Crippen molar-refractivity contribution >= 4 is 17.7 Å². The van der Waals surface area contributed by atoms with Crippen molar-refractivity contribution in [3.63, 3.8) is 0 Å². The number of halogens is 3. The van der Waals surface area contributed by atoms with Gasteiger partial charge in [0.2, 0.25) is 0 Å². The lowest BCUT2D eigenvalue weighted by Gasteiger charge is -2.24. The Balaban J connectivity index is 2.50. The Kier molecular flexibility index (Phi) is 3.75. The highest BCUT2D eigenvalue weighted by Gasteiger charge is 2.37. The lowest BCUT2D eigenvalue weighted by molar-refractivity contribution is -0.141. The van der Waals surface area contributed by atoms with Crippen molar-refractivity contribution < 1.29 is 27.9 Å². The van der Waals surface area contributed by atoms with E-state index < -0.39 is 30.3 Å². The average molecular weight is 303 g/mol. The molecule has 0 saturated heterocycles. The van der Waals surface area contributed by atoms with Gasteiger partial charge in [0.1, 0.15) is 18.1 Å². The molecule has 0 aliphatic heterocycles. The van der Waals surface area contributed by atoms with Gasteiger partial charge in [-0.05, 0) is 25.0 Å². The summed E-state index contributed by atoms with van der Waals surface area (Å²) in [5.41, 5.74) is 3.71. The molecule has 0 unspecified atom stereocenters. The Morgan fingerprint density at radius 2 is 2.00 bits per heavy atom. The number of anilines is 1. The monoisotopic (exact) mass is 303 g/mol. The molecule has 0 bridgehead atoms. The van der Waals surface area contributed by atoms with Crippen LogP contribution in [0.15, 0.2) is 12.1 Å². The number of carboxylic acid groups (broad SMARTS) is 1. The third-order valence-electron chi connectivity index (χ3n) is 3.00. The third-order valence-corrected chi connectivity index (χ3v) is 3.00. The van der Waals surface area contributed by atoms with Gasteiger partial charge in [-0.15, -0.1) is 0 Å². The molecule has 1 saturated carbocycles. The molecule has 21 heavy (non-hydrogen) atoms. The van der Waals surface area contributed by atoms with E-state index in [0.717, 1.165) is 6.07 Å². The molecular formula is C12H12F3N3O3. The number of carbonyl (C=O) groups is 2. The summed E-state index contributed by atoms with van der Waals surface area (Å²) in [4.78, 5) is 26.8. The second kappa shape index (κ2) is 5.23. The maximum Gasteiger partial charge on any atom is 0.433 e. The number of hydrogen-bond donors (Lipinski definition) is 2. The van der Waals surface area contributed by atoms with E-state index >= 15 is 0 Å². The van der Waals surface area contributed by atoms with Crippen LogP contribution >= 0.6 is 0 Å². The molecule has 0 aromatic carbocycles. The fourth-order valence-corrected chi connectivity index (χ4v) is 1.93. The summed E-state index contributed by atoms with van der Waals surface area (Å²) in [6.07, 6.45) is -3.43. The van der Waals surface area contributed by atoms with Crippen LogP contribution in [0.1, 0.15) is 28.9 Å². The van der Waals surface area contributed by atoms with Gasteiger partial charge in [0.15, 0.2) is 0 Å².